The van der Waals surface area contributed by atoms with E-state index in [2.05, 4.69) is 5.32 Å². The van der Waals surface area contributed by atoms with Crippen molar-refractivity contribution in [3.8, 4) is 0 Å². The third-order valence-corrected chi connectivity index (χ3v) is 4.74. The van der Waals surface area contributed by atoms with Gasteiger partial charge in [0.1, 0.15) is 0 Å². The Kier molecular flexibility index (Phi) is 5.70. The summed E-state index contributed by atoms with van der Waals surface area (Å²) in [6.07, 6.45) is 3.09. The molecule has 6 heteroatoms. The van der Waals surface area contributed by atoms with Gasteiger partial charge in [-0.2, -0.15) is 0 Å². The van der Waals surface area contributed by atoms with Crippen LogP contribution in [0.3, 0.4) is 0 Å². The van der Waals surface area contributed by atoms with Crippen molar-refractivity contribution < 1.29 is 14.7 Å². The summed E-state index contributed by atoms with van der Waals surface area (Å²) in [6, 6.07) is 4.77. The number of carboxylic acid groups (broad SMARTS) is 1. The maximum Gasteiger partial charge on any atom is 0.307 e. The lowest BCUT2D eigenvalue weighted by atomic mass is 9.70. The number of carbonyl (C=O) groups excluding carboxylic acids is 1. The lowest BCUT2D eigenvalue weighted by molar-refractivity contribution is -0.150. The minimum atomic E-state index is -0.893. The predicted molar refractivity (Wildman–Crippen MR) is 87.3 cm³/mol. The Labute approximate surface area is 139 Å². The molecule has 0 aliphatic heterocycles. The van der Waals surface area contributed by atoms with Crippen LogP contribution in [-0.4, -0.2) is 17.0 Å². The lowest BCUT2D eigenvalue weighted by Gasteiger charge is -2.34. The van der Waals surface area contributed by atoms with Crippen molar-refractivity contribution in [2.45, 2.75) is 32.6 Å². The molecule has 0 bridgehead atoms. The molecule has 1 fully saturated rings. The molecule has 0 saturated heterocycles. The molecule has 0 aromatic heterocycles. The van der Waals surface area contributed by atoms with Crippen LogP contribution in [0, 0.1) is 17.8 Å². The van der Waals surface area contributed by atoms with Gasteiger partial charge in [0.05, 0.1) is 11.8 Å². The first kappa shape index (κ1) is 17.1. The second kappa shape index (κ2) is 7.34. The molecule has 1 aromatic carbocycles. The van der Waals surface area contributed by atoms with Crippen LogP contribution < -0.4 is 5.32 Å². The summed E-state index contributed by atoms with van der Waals surface area (Å²) < 4.78 is 0. The van der Waals surface area contributed by atoms with Gasteiger partial charge in [0.15, 0.2) is 0 Å². The summed E-state index contributed by atoms with van der Waals surface area (Å²) in [4.78, 5) is 24.1. The average molecular weight is 344 g/mol. The Balaban J connectivity index is 2.17. The van der Waals surface area contributed by atoms with Crippen LogP contribution in [0.1, 0.15) is 32.6 Å². The molecule has 1 aliphatic carbocycles. The molecule has 1 saturated carbocycles. The standard InChI is InChI=1S/C16H19Cl2NO3/c1-2-9-4-3-5-13(14(9)16(21)22)15(20)19-12-7-10(17)6-11(18)8-12/h6-9,13-14H,2-5H2,1H3,(H,19,20)(H,21,22). The molecule has 3 unspecified atom stereocenters. The number of carboxylic acids is 1. The number of hydrogen-bond donors (Lipinski definition) is 2. The molecule has 1 aromatic rings. The number of aliphatic carboxylic acids is 1. The quantitative estimate of drug-likeness (QED) is 0.847. The van der Waals surface area contributed by atoms with Gasteiger partial charge < -0.3 is 10.4 Å². The van der Waals surface area contributed by atoms with Crippen LogP contribution in [-0.2, 0) is 9.59 Å². The number of amides is 1. The molecule has 1 amide bonds. The Morgan fingerprint density at radius 1 is 1.23 bits per heavy atom. The molecule has 2 rings (SSSR count). The Morgan fingerprint density at radius 3 is 2.41 bits per heavy atom. The van der Waals surface area contributed by atoms with Gasteiger partial charge in [-0.1, -0.05) is 43.0 Å². The van der Waals surface area contributed by atoms with Crippen molar-refractivity contribution in [3.05, 3.63) is 28.2 Å². The summed E-state index contributed by atoms with van der Waals surface area (Å²) in [6.45, 7) is 1.97. The van der Waals surface area contributed by atoms with E-state index >= 15 is 0 Å². The van der Waals surface area contributed by atoms with Crippen LogP contribution in [0.25, 0.3) is 0 Å². The fraction of sp³-hybridized carbons (Fsp3) is 0.500. The maximum atomic E-state index is 12.5. The average Bonchev–Trinajstić information content (AvgIpc) is 2.45. The zero-order valence-electron chi connectivity index (χ0n) is 12.3. The second-order valence-corrected chi connectivity index (χ2v) is 6.59. The first-order valence-corrected chi connectivity index (χ1v) is 8.17. The molecule has 0 radical (unpaired) electrons. The van der Waals surface area contributed by atoms with Gasteiger partial charge >= 0.3 is 5.97 Å². The highest BCUT2D eigenvalue weighted by atomic mass is 35.5. The highest BCUT2D eigenvalue weighted by Crippen LogP contribution is 2.38. The molecule has 3 atom stereocenters. The molecule has 22 heavy (non-hydrogen) atoms. The van der Waals surface area contributed by atoms with Crippen LogP contribution in [0.4, 0.5) is 5.69 Å². The lowest BCUT2D eigenvalue weighted by Crippen LogP contribution is -2.40. The van der Waals surface area contributed by atoms with E-state index < -0.39 is 17.8 Å². The van der Waals surface area contributed by atoms with E-state index in [-0.39, 0.29) is 11.8 Å². The summed E-state index contributed by atoms with van der Waals surface area (Å²) in [5, 5.41) is 13.1. The summed E-state index contributed by atoms with van der Waals surface area (Å²) in [7, 11) is 0. The monoisotopic (exact) mass is 343 g/mol. The molecular formula is C16H19Cl2NO3. The molecule has 120 valence electrons. The van der Waals surface area contributed by atoms with Crippen LogP contribution in [0.5, 0.6) is 0 Å². The van der Waals surface area contributed by atoms with Gasteiger partial charge in [0, 0.05) is 15.7 Å². The van der Waals surface area contributed by atoms with Crippen molar-refractivity contribution in [3.63, 3.8) is 0 Å². The van der Waals surface area contributed by atoms with Crippen molar-refractivity contribution in [1.29, 1.82) is 0 Å². The molecule has 0 spiro atoms. The Bertz CT molecular complexity index is 556. The molecule has 1 aliphatic rings. The van der Waals surface area contributed by atoms with Crippen molar-refractivity contribution >= 4 is 40.8 Å². The van der Waals surface area contributed by atoms with Crippen LogP contribution in [0.2, 0.25) is 10.0 Å². The van der Waals surface area contributed by atoms with E-state index in [0.29, 0.717) is 22.2 Å². The van der Waals surface area contributed by atoms with Gasteiger partial charge in [-0.3, -0.25) is 9.59 Å². The van der Waals surface area contributed by atoms with Crippen molar-refractivity contribution in [1.82, 2.24) is 0 Å². The van der Waals surface area contributed by atoms with Crippen molar-refractivity contribution in [2.75, 3.05) is 5.32 Å². The zero-order valence-corrected chi connectivity index (χ0v) is 13.8. The molecule has 0 heterocycles. The van der Waals surface area contributed by atoms with Gasteiger partial charge in [0.2, 0.25) is 5.91 Å². The highest BCUT2D eigenvalue weighted by Gasteiger charge is 2.41. The minimum absolute atomic E-state index is 0.0462. The number of rotatable bonds is 4. The van der Waals surface area contributed by atoms with E-state index in [1.165, 1.54) is 0 Å². The second-order valence-electron chi connectivity index (χ2n) is 5.72. The summed E-state index contributed by atoms with van der Waals surface area (Å²) in [5.74, 6) is -2.27. The van der Waals surface area contributed by atoms with Gasteiger partial charge in [0.25, 0.3) is 0 Å². The third kappa shape index (κ3) is 3.93. The first-order valence-electron chi connectivity index (χ1n) is 7.42. The summed E-state index contributed by atoms with van der Waals surface area (Å²) in [5.41, 5.74) is 0.491. The Hall–Kier alpha value is -1.26. The van der Waals surface area contributed by atoms with Crippen LogP contribution in [0.15, 0.2) is 18.2 Å². The molecule has 2 N–H and O–H groups in total. The van der Waals surface area contributed by atoms with E-state index in [1.54, 1.807) is 18.2 Å². The topological polar surface area (TPSA) is 66.4 Å². The zero-order chi connectivity index (χ0) is 16.3. The van der Waals surface area contributed by atoms with Gasteiger partial charge in [-0.05, 0) is 37.0 Å². The van der Waals surface area contributed by atoms with Crippen LogP contribution >= 0.6 is 23.2 Å². The number of halogens is 2. The van der Waals surface area contributed by atoms with E-state index in [1.807, 2.05) is 6.92 Å². The van der Waals surface area contributed by atoms with E-state index in [9.17, 15) is 14.7 Å². The summed E-state index contributed by atoms with van der Waals surface area (Å²) >= 11 is 11.8. The first-order chi connectivity index (χ1) is 10.4. The maximum absolute atomic E-state index is 12.5. The largest absolute Gasteiger partial charge is 0.481 e. The number of benzene rings is 1. The van der Waals surface area contributed by atoms with Gasteiger partial charge in [-0.25, -0.2) is 0 Å². The Morgan fingerprint density at radius 2 is 1.86 bits per heavy atom. The fourth-order valence-electron chi connectivity index (χ4n) is 3.27. The molecule has 4 nitrogen and oxygen atoms in total. The fourth-order valence-corrected chi connectivity index (χ4v) is 3.80. The smallest absolute Gasteiger partial charge is 0.307 e. The van der Waals surface area contributed by atoms with Crippen molar-refractivity contribution in [2.24, 2.45) is 17.8 Å². The number of anilines is 1. The number of nitrogens with one attached hydrogen (secondary N) is 1. The van der Waals surface area contributed by atoms with E-state index in [0.717, 1.165) is 19.3 Å². The highest BCUT2D eigenvalue weighted by molar-refractivity contribution is 6.35. The third-order valence-electron chi connectivity index (χ3n) is 4.31. The SMILES string of the molecule is CCC1CCCC(C(=O)Nc2cc(Cl)cc(Cl)c2)C1C(=O)O. The number of hydrogen-bond acceptors (Lipinski definition) is 2. The normalized spacial score (nSPS) is 24.8. The molecular weight excluding hydrogens is 325 g/mol. The minimum Gasteiger partial charge on any atom is -0.481 e. The number of carbonyl (C=O) groups is 2. The van der Waals surface area contributed by atoms with Gasteiger partial charge in [-0.15, -0.1) is 0 Å². The van der Waals surface area contributed by atoms with E-state index in [4.69, 9.17) is 23.2 Å². The predicted octanol–water partition coefficient (Wildman–Crippen LogP) is 4.46.